The van der Waals surface area contributed by atoms with E-state index in [1.165, 1.54) is 0 Å². The fourth-order valence-electron chi connectivity index (χ4n) is 2.45. The standard InChI is InChI=1S/C18H19N3O5/c19-17-13-8-12(6-7-15(13)26-21-17)16(23)14(22)9-20-18(24)25-10-11-4-2-1-3-5-11/h1-8,14,16,22-23H,9-10H2,(H2,19,21)(H,20,24). The molecule has 26 heavy (non-hydrogen) atoms. The maximum atomic E-state index is 11.7. The number of nitrogens with one attached hydrogen (secondary N) is 1. The minimum absolute atomic E-state index is 0.120. The lowest BCUT2D eigenvalue weighted by Gasteiger charge is -2.18. The number of ether oxygens (including phenoxy) is 1. The number of hydrogen-bond acceptors (Lipinski definition) is 7. The van der Waals surface area contributed by atoms with Crippen LogP contribution in [0, 0.1) is 0 Å². The molecule has 3 aromatic rings. The molecule has 1 heterocycles. The maximum Gasteiger partial charge on any atom is 0.407 e. The molecule has 0 aliphatic carbocycles. The molecule has 0 aliphatic rings. The van der Waals surface area contributed by atoms with Crippen LogP contribution in [0.4, 0.5) is 10.6 Å². The fourth-order valence-corrected chi connectivity index (χ4v) is 2.45. The van der Waals surface area contributed by atoms with Gasteiger partial charge in [0.15, 0.2) is 11.4 Å². The number of alkyl carbamates (subject to hydrolysis) is 1. The number of aliphatic hydroxyl groups is 2. The Kier molecular flexibility index (Phi) is 5.35. The van der Waals surface area contributed by atoms with Crippen LogP contribution in [-0.4, -0.2) is 34.1 Å². The van der Waals surface area contributed by atoms with Crippen LogP contribution in [0.2, 0.25) is 0 Å². The van der Waals surface area contributed by atoms with Crippen molar-refractivity contribution < 1.29 is 24.3 Å². The molecule has 0 bridgehead atoms. The predicted molar refractivity (Wildman–Crippen MR) is 94.0 cm³/mol. The Balaban J connectivity index is 1.52. The Hall–Kier alpha value is -3.10. The van der Waals surface area contributed by atoms with Gasteiger partial charge in [-0.25, -0.2) is 4.79 Å². The van der Waals surface area contributed by atoms with E-state index in [0.29, 0.717) is 16.5 Å². The smallest absolute Gasteiger partial charge is 0.407 e. The summed E-state index contributed by atoms with van der Waals surface area (Å²) in [6.07, 6.45) is -3.13. The number of nitrogens with two attached hydrogens (primary N) is 1. The number of rotatable bonds is 6. The van der Waals surface area contributed by atoms with Crippen LogP contribution in [0.15, 0.2) is 53.1 Å². The second kappa shape index (κ2) is 7.85. The monoisotopic (exact) mass is 357 g/mol. The SMILES string of the molecule is Nc1noc2ccc(C(O)C(O)CNC(=O)OCc3ccccc3)cc12. The van der Waals surface area contributed by atoms with Crippen molar-refractivity contribution in [2.45, 2.75) is 18.8 Å². The fraction of sp³-hybridized carbons (Fsp3) is 0.222. The molecule has 136 valence electrons. The molecule has 0 saturated heterocycles. The van der Waals surface area contributed by atoms with E-state index >= 15 is 0 Å². The zero-order valence-corrected chi connectivity index (χ0v) is 13.8. The van der Waals surface area contributed by atoms with Gasteiger partial charge in [0.1, 0.15) is 18.8 Å². The third-order valence-electron chi connectivity index (χ3n) is 3.90. The minimum Gasteiger partial charge on any atom is -0.445 e. The van der Waals surface area contributed by atoms with Crippen LogP contribution < -0.4 is 11.1 Å². The number of carbonyl (C=O) groups is 1. The van der Waals surface area contributed by atoms with Crippen molar-refractivity contribution in [3.63, 3.8) is 0 Å². The molecule has 8 nitrogen and oxygen atoms in total. The zero-order valence-electron chi connectivity index (χ0n) is 13.8. The van der Waals surface area contributed by atoms with E-state index in [-0.39, 0.29) is 19.0 Å². The number of anilines is 1. The van der Waals surface area contributed by atoms with Crippen LogP contribution in [0.5, 0.6) is 0 Å². The van der Waals surface area contributed by atoms with E-state index in [1.807, 2.05) is 30.3 Å². The van der Waals surface area contributed by atoms with Crippen molar-refractivity contribution in [2.75, 3.05) is 12.3 Å². The van der Waals surface area contributed by atoms with Crippen molar-refractivity contribution >= 4 is 22.9 Å². The maximum absolute atomic E-state index is 11.7. The number of aromatic nitrogens is 1. The largest absolute Gasteiger partial charge is 0.445 e. The normalized spacial score (nSPS) is 13.3. The van der Waals surface area contributed by atoms with E-state index in [1.54, 1.807) is 18.2 Å². The van der Waals surface area contributed by atoms with Gasteiger partial charge < -0.3 is 30.5 Å². The molecule has 5 N–H and O–H groups in total. The third-order valence-corrected chi connectivity index (χ3v) is 3.90. The summed E-state index contributed by atoms with van der Waals surface area (Å²) >= 11 is 0. The first kappa shape index (κ1) is 17.7. The summed E-state index contributed by atoms with van der Waals surface area (Å²) in [7, 11) is 0. The summed E-state index contributed by atoms with van der Waals surface area (Å²) in [5, 5.41) is 27.0. The average molecular weight is 357 g/mol. The summed E-state index contributed by atoms with van der Waals surface area (Å²) in [5.41, 5.74) is 7.44. The Labute approximate surface area is 149 Å². The number of benzene rings is 2. The molecule has 1 amide bonds. The molecule has 2 aromatic carbocycles. The lowest BCUT2D eigenvalue weighted by molar-refractivity contribution is 0.0185. The highest BCUT2D eigenvalue weighted by Gasteiger charge is 2.20. The van der Waals surface area contributed by atoms with E-state index in [0.717, 1.165) is 5.56 Å². The first-order valence-electron chi connectivity index (χ1n) is 8.00. The van der Waals surface area contributed by atoms with E-state index in [4.69, 9.17) is 15.0 Å². The van der Waals surface area contributed by atoms with Gasteiger partial charge in [-0.3, -0.25) is 0 Å². The second-order valence-corrected chi connectivity index (χ2v) is 5.78. The molecule has 2 unspecified atom stereocenters. The quantitative estimate of drug-likeness (QED) is 0.528. The number of aliphatic hydroxyl groups excluding tert-OH is 2. The van der Waals surface area contributed by atoms with Crippen LogP contribution >= 0.6 is 0 Å². The van der Waals surface area contributed by atoms with Crippen molar-refractivity contribution in [3.8, 4) is 0 Å². The summed E-state index contributed by atoms with van der Waals surface area (Å²) in [6.45, 7) is -0.0549. The summed E-state index contributed by atoms with van der Waals surface area (Å²) in [4.78, 5) is 11.7. The lowest BCUT2D eigenvalue weighted by Crippen LogP contribution is -2.35. The molecular weight excluding hydrogens is 338 g/mol. The Bertz CT molecular complexity index is 881. The highest BCUT2D eigenvalue weighted by atomic mass is 16.5. The summed E-state index contributed by atoms with van der Waals surface area (Å²) in [6, 6.07) is 14.0. The predicted octanol–water partition coefficient (Wildman–Crippen LogP) is 1.73. The molecule has 1 aromatic heterocycles. The number of nitrogen functional groups attached to an aromatic ring is 1. The van der Waals surface area contributed by atoms with Gasteiger partial charge in [0.2, 0.25) is 0 Å². The number of amides is 1. The number of nitrogens with zero attached hydrogens (tertiary/aromatic N) is 1. The van der Waals surface area contributed by atoms with Gasteiger partial charge in [0, 0.05) is 6.54 Å². The molecule has 0 fully saturated rings. The summed E-state index contributed by atoms with van der Waals surface area (Å²) < 4.78 is 10.0. The molecule has 3 rings (SSSR count). The summed E-state index contributed by atoms with van der Waals surface area (Å²) in [5.74, 6) is 0.200. The Morgan fingerprint density at radius 1 is 1.23 bits per heavy atom. The first-order chi connectivity index (χ1) is 12.5. The highest BCUT2D eigenvalue weighted by molar-refractivity contribution is 5.87. The second-order valence-electron chi connectivity index (χ2n) is 5.78. The molecule has 0 radical (unpaired) electrons. The van der Waals surface area contributed by atoms with Crippen LogP contribution in [0.3, 0.4) is 0 Å². The van der Waals surface area contributed by atoms with Crippen molar-refractivity contribution in [1.82, 2.24) is 10.5 Å². The Morgan fingerprint density at radius 2 is 2.00 bits per heavy atom. The highest BCUT2D eigenvalue weighted by Crippen LogP contribution is 2.25. The van der Waals surface area contributed by atoms with Crippen LogP contribution in [0.1, 0.15) is 17.2 Å². The van der Waals surface area contributed by atoms with E-state index < -0.39 is 18.3 Å². The average Bonchev–Trinajstić information content (AvgIpc) is 3.05. The molecular formula is C18H19N3O5. The van der Waals surface area contributed by atoms with E-state index in [9.17, 15) is 15.0 Å². The van der Waals surface area contributed by atoms with Crippen molar-refractivity contribution in [3.05, 3.63) is 59.7 Å². The zero-order chi connectivity index (χ0) is 18.5. The van der Waals surface area contributed by atoms with Crippen molar-refractivity contribution in [2.24, 2.45) is 0 Å². The van der Waals surface area contributed by atoms with Crippen molar-refractivity contribution in [1.29, 1.82) is 0 Å². The molecule has 0 spiro atoms. The number of fused-ring (bicyclic) bond motifs is 1. The Morgan fingerprint density at radius 3 is 2.77 bits per heavy atom. The van der Waals surface area contributed by atoms with Crippen LogP contribution in [0.25, 0.3) is 11.0 Å². The molecule has 0 saturated carbocycles. The van der Waals surface area contributed by atoms with Gasteiger partial charge in [0.05, 0.1) is 5.39 Å². The first-order valence-corrected chi connectivity index (χ1v) is 8.00. The lowest BCUT2D eigenvalue weighted by atomic mass is 10.0. The van der Waals surface area contributed by atoms with E-state index in [2.05, 4.69) is 10.5 Å². The number of hydrogen-bond donors (Lipinski definition) is 4. The van der Waals surface area contributed by atoms with Gasteiger partial charge in [-0.1, -0.05) is 41.6 Å². The number of carbonyl (C=O) groups excluding carboxylic acids is 1. The third kappa shape index (κ3) is 4.11. The molecule has 8 heteroatoms. The van der Waals surface area contributed by atoms with Crippen LogP contribution in [-0.2, 0) is 11.3 Å². The topological polar surface area (TPSA) is 131 Å². The molecule has 0 aliphatic heterocycles. The van der Waals surface area contributed by atoms with Gasteiger partial charge >= 0.3 is 6.09 Å². The van der Waals surface area contributed by atoms with Gasteiger partial charge in [-0.15, -0.1) is 0 Å². The van der Waals surface area contributed by atoms with Gasteiger partial charge in [-0.05, 0) is 23.3 Å². The minimum atomic E-state index is -1.22. The molecule has 2 atom stereocenters. The van der Waals surface area contributed by atoms with Gasteiger partial charge in [-0.2, -0.15) is 0 Å². The van der Waals surface area contributed by atoms with Gasteiger partial charge in [0.25, 0.3) is 0 Å².